The minimum Gasteiger partial charge on any atom is -0.0963 e. The Labute approximate surface area is 148 Å². The summed E-state index contributed by atoms with van der Waals surface area (Å²) in [6, 6.07) is 24.2. The van der Waals surface area contributed by atoms with Crippen LogP contribution in [0, 0.1) is 0 Å². The lowest BCUT2D eigenvalue weighted by atomic mass is 9.68. The average molecular weight is 314 g/mol. The van der Waals surface area contributed by atoms with Crippen LogP contribution in [0.15, 0.2) is 84.5 Å². The van der Waals surface area contributed by atoms with Crippen LogP contribution in [0.25, 0.3) is 16.7 Å². The number of allylic oxidation sites excluding steroid dienone is 4. The van der Waals surface area contributed by atoms with Gasteiger partial charge in [-0.15, -0.1) is 0 Å². The minimum atomic E-state index is -0.184. The van der Waals surface area contributed by atoms with Crippen molar-refractivity contribution >= 4 is 18.9 Å². The van der Waals surface area contributed by atoms with Crippen LogP contribution in [0.3, 0.4) is 0 Å². The van der Waals surface area contributed by atoms with Crippen LogP contribution in [0.2, 0.25) is 0 Å². The number of rotatable bonds is 0. The maximum atomic E-state index is 6.24. The Kier molecular flexibility index (Phi) is 2.39. The summed E-state index contributed by atoms with van der Waals surface area (Å²) in [5.74, 6) is 0. The van der Waals surface area contributed by atoms with Crippen molar-refractivity contribution in [2.45, 2.75) is 11.8 Å². The van der Waals surface area contributed by atoms with Gasteiger partial charge >= 0.3 is 0 Å². The molecule has 0 bridgehead atoms. The van der Waals surface area contributed by atoms with Crippen LogP contribution in [-0.4, -0.2) is 7.85 Å². The first-order chi connectivity index (χ1) is 12.3. The Morgan fingerprint density at radius 3 is 2.24 bits per heavy atom. The van der Waals surface area contributed by atoms with Crippen molar-refractivity contribution in [1.82, 2.24) is 0 Å². The summed E-state index contributed by atoms with van der Waals surface area (Å²) in [6.07, 6.45) is 5.61. The van der Waals surface area contributed by atoms with Crippen LogP contribution in [0.5, 0.6) is 0 Å². The topological polar surface area (TPSA) is 0 Å². The van der Waals surface area contributed by atoms with E-state index in [2.05, 4.69) is 72.8 Å². The Bertz CT molecular complexity index is 1130. The predicted molar refractivity (Wildman–Crippen MR) is 104 cm³/mol. The molecule has 25 heavy (non-hydrogen) atoms. The van der Waals surface area contributed by atoms with Crippen molar-refractivity contribution in [3.63, 3.8) is 0 Å². The highest BCUT2D eigenvalue weighted by Crippen LogP contribution is 2.63. The molecule has 3 aromatic carbocycles. The lowest BCUT2D eigenvalue weighted by Crippen LogP contribution is -2.28. The smallest absolute Gasteiger partial charge is 0.0963 e. The maximum absolute atomic E-state index is 6.24. The van der Waals surface area contributed by atoms with Crippen LogP contribution < -0.4 is 5.46 Å². The van der Waals surface area contributed by atoms with Crippen LogP contribution >= 0.6 is 0 Å². The van der Waals surface area contributed by atoms with Crippen molar-refractivity contribution in [3.8, 4) is 11.1 Å². The maximum Gasteiger partial charge on any atom is 0.113 e. The summed E-state index contributed by atoms with van der Waals surface area (Å²) in [5.41, 5.74) is 11.7. The molecule has 3 aliphatic rings. The normalized spacial score (nSPS) is 21.4. The van der Waals surface area contributed by atoms with Gasteiger partial charge < -0.3 is 0 Å². The quantitative estimate of drug-likeness (QED) is 0.535. The standard InChI is InChI=1S/C24H15B/c25-15-12-13-19-17-7-2-4-10-21(17)24(23(19)14-15)20-9-3-1-6-16(20)18-8-5-11-22(18)24/h1-10,12-14H,11H2. The fraction of sp³-hybridized carbons (Fsp3) is 0.0833. The van der Waals surface area contributed by atoms with Gasteiger partial charge in [0, 0.05) is 0 Å². The summed E-state index contributed by atoms with van der Waals surface area (Å²) in [6.45, 7) is 0. The Morgan fingerprint density at radius 1 is 0.720 bits per heavy atom. The van der Waals surface area contributed by atoms with E-state index in [1.54, 1.807) is 0 Å². The van der Waals surface area contributed by atoms with Crippen molar-refractivity contribution < 1.29 is 0 Å². The number of fused-ring (bicyclic) bond motifs is 9. The van der Waals surface area contributed by atoms with Gasteiger partial charge in [-0.1, -0.05) is 84.3 Å². The van der Waals surface area contributed by atoms with E-state index >= 15 is 0 Å². The summed E-state index contributed by atoms with van der Waals surface area (Å²) < 4.78 is 0. The van der Waals surface area contributed by atoms with Crippen LogP contribution in [-0.2, 0) is 5.41 Å². The van der Waals surface area contributed by atoms with Gasteiger partial charge in [-0.25, -0.2) is 0 Å². The van der Waals surface area contributed by atoms with E-state index in [1.165, 1.54) is 44.5 Å². The third-order valence-corrected chi connectivity index (χ3v) is 6.07. The van der Waals surface area contributed by atoms with E-state index in [0.29, 0.717) is 0 Å². The summed E-state index contributed by atoms with van der Waals surface area (Å²) in [7, 11) is 6.24. The third kappa shape index (κ3) is 1.42. The molecule has 0 aliphatic heterocycles. The SMILES string of the molecule is [B]c1ccc2c(c1)C1(C3=C(C=CC3)c3ccccc31)c1ccccc1-2. The molecular weight excluding hydrogens is 299 g/mol. The third-order valence-electron chi connectivity index (χ3n) is 6.07. The highest BCUT2D eigenvalue weighted by Gasteiger charge is 2.52. The average Bonchev–Trinajstić information content (AvgIpc) is 3.29. The molecule has 0 saturated heterocycles. The molecule has 2 radical (unpaired) electrons. The molecule has 0 fully saturated rings. The fourth-order valence-corrected chi connectivity index (χ4v) is 5.23. The van der Waals surface area contributed by atoms with Gasteiger partial charge in [0.1, 0.15) is 7.85 Å². The van der Waals surface area contributed by atoms with Gasteiger partial charge in [-0.2, -0.15) is 0 Å². The van der Waals surface area contributed by atoms with E-state index in [1.807, 2.05) is 6.07 Å². The largest absolute Gasteiger partial charge is 0.113 e. The van der Waals surface area contributed by atoms with E-state index < -0.39 is 0 Å². The summed E-state index contributed by atoms with van der Waals surface area (Å²) in [5, 5.41) is 0. The molecule has 6 rings (SSSR count). The van der Waals surface area contributed by atoms with E-state index in [4.69, 9.17) is 7.85 Å². The van der Waals surface area contributed by atoms with Crippen molar-refractivity contribution in [3.05, 3.63) is 107 Å². The molecule has 1 atom stereocenters. The van der Waals surface area contributed by atoms with E-state index in [9.17, 15) is 0 Å². The molecule has 1 heteroatoms. The lowest BCUT2D eigenvalue weighted by Gasteiger charge is -2.32. The van der Waals surface area contributed by atoms with Crippen molar-refractivity contribution in [2.24, 2.45) is 0 Å². The lowest BCUT2D eigenvalue weighted by molar-refractivity contribution is 0.750. The van der Waals surface area contributed by atoms with Crippen LogP contribution in [0.1, 0.15) is 28.7 Å². The molecule has 0 amide bonds. The molecule has 3 aliphatic carbocycles. The molecule has 114 valence electrons. The predicted octanol–water partition coefficient (Wildman–Crippen LogP) is 4.52. The molecule has 1 unspecified atom stereocenters. The van der Waals surface area contributed by atoms with Crippen molar-refractivity contribution in [1.29, 1.82) is 0 Å². The zero-order valence-electron chi connectivity index (χ0n) is 13.8. The number of hydrogen-bond donors (Lipinski definition) is 0. The van der Waals surface area contributed by atoms with Gasteiger partial charge in [0.05, 0.1) is 5.41 Å². The summed E-state index contributed by atoms with van der Waals surface area (Å²) >= 11 is 0. The Hall–Kier alpha value is -2.80. The first-order valence-electron chi connectivity index (χ1n) is 8.82. The highest BCUT2D eigenvalue weighted by molar-refractivity contribution is 6.32. The Balaban J connectivity index is 1.84. The fourth-order valence-electron chi connectivity index (χ4n) is 5.23. The second kappa shape index (κ2) is 4.43. The molecule has 3 aromatic rings. The molecule has 1 spiro atoms. The Morgan fingerprint density at radius 2 is 1.40 bits per heavy atom. The molecular formula is C24H15B. The van der Waals surface area contributed by atoms with Crippen LogP contribution in [0.4, 0.5) is 0 Å². The highest BCUT2D eigenvalue weighted by atomic mass is 14.5. The zero-order chi connectivity index (χ0) is 16.6. The van der Waals surface area contributed by atoms with E-state index in [0.717, 1.165) is 11.9 Å². The number of hydrogen-bond acceptors (Lipinski definition) is 0. The number of benzene rings is 3. The minimum absolute atomic E-state index is 0.184. The van der Waals surface area contributed by atoms with Gasteiger partial charge in [0.15, 0.2) is 0 Å². The first kappa shape index (κ1) is 13.5. The second-order valence-electron chi connectivity index (χ2n) is 7.14. The first-order valence-corrected chi connectivity index (χ1v) is 8.82. The molecule has 0 aromatic heterocycles. The summed E-state index contributed by atoms with van der Waals surface area (Å²) in [4.78, 5) is 0. The second-order valence-corrected chi connectivity index (χ2v) is 7.14. The zero-order valence-corrected chi connectivity index (χ0v) is 13.8. The molecule has 0 saturated carbocycles. The van der Waals surface area contributed by atoms with E-state index in [-0.39, 0.29) is 5.41 Å². The van der Waals surface area contributed by atoms with Gasteiger partial charge in [-0.05, 0) is 50.9 Å². The molecule has 0 nitrogen and oxygen atoms in total. The van der Waals surface area contributed by atoms with Crippen molar-refractivity contribution in [2.75, 3.05) is 0 Å². The van der Waals surface area contributed by atoms with Gasteiger partial charge in [0.25, 0.3) is 0 Å². The molecule has 0 heterocycles. The van der Waals surface area contributed by atoms with Gasteiger partial charge in [-0.3, -0.25) is 0 Å². The molecule has 0 N–H and O–H groups in total. The van der Waals surface area contributed by atoms with Gasteiger partial charge in [0.2, 0.25) is 0 Å². The monoisotopic (exact) mass is 314 g/mol.